The number of hydrogen-bond donors (Lipinski definition) is 2. The van der Waals surface area contributed by atoms with Crippen molar-refractivity contribution in [2.75, 3.05) is 0 Å². The number of aromatic nitrogens is 1. The average Bonchev–Trinajstić information content (AvgIpc) is 2.75. The summed E-state index contributed by atoms with van der Waals surface area (Å²) >= 11 is 1.74. The zero-order chi connectivity index (χ0) is 11.5. The summed E-state index contributed by atoms with van der Waals surface area (Å²) < 4.78 is 0. The van der Waals surface area contributed by atoms with E-state index in [0.717, 1.165) is 31.4 Å². The summed E-state index contributed by atoms with van der Waals surface area (Å²) in [6.45, 7) is 2.02. The van der Waals surface area contributed by atoms with Crippen molar-refractivity contribution in [1.82, 2.24) is 10.4 Å². The van der Waals surface area contributed by atoms with E-state index in [1.165, 1.54) is 5.01 Å². The van der Waals surface area contributed by atoms with E-state index in [1.807, 2.05) is 6.92 Å². The highest BCUT2D eigenvalue weighted by Gasteiger charge is 2.27. The molecule has 5 heteroatoms. The Balaban J connectivity index is 1.92. The fourth-order valence-corrected chi connectivity index (χ4v) is 3.25. The smallest absolute Gasteiger partial charge is 0.236 e. The Kier molecular flexibility index (Phi) is 3.56. The topological polar surface area (TPSA) is 68.0 Å². The monoisotopic (exact) mass is 239 g/mol. The SMILES string of the molecule is Cc1csc([C@H]2CC[C@H](C(=O)NN)CC2)n1. The Morgan fingerprint density at radius 2 is 2.19 bits per heavy atom. The number of amides is 1. The molecule has 1 amide bonds. The van der Waals surface area contributed by atoms with Crippen molar-refractivity contribution in [3.8, 4) is 0 Å². The number of nitrogens with zero attached hydrogens (tertiary/aromatic N) is 1. The zero-order valence-electron chi connectivity index (χ0n) is 9.40. The first kappa shape index (κ1) is 11.5. The number of thiazole rings is 1. The number of nitrogens with one attached hydrogen (secondary N) is 1. The maximum Gasteiger partial charge on any atom is 0.236 e. The molecule has 2 rings (SSSR count). The molecule has 1 heterocycles. The second-order valence-electron chi connectivity index (χ2n) is 4.38. The molecule has 1 fully saturated rings. The predicted octanol–water partition coefficient (Wildman–Crippen LogP) is 1.72. The van der Waals surface area contributed by atoms with Gasteiger partial charge in [0.05, 0.1) is 5.01 Å². The molecule has 1 aromatic rings. The molecule has 0 atom stereocenters. The molecule has 3 N–H and O–H groups in total. The third kappa shape index (κ3) is 2.41. The van der Waals surface area contributed by atoms with Crippen LogP contribution in [0.5, 0.6) is 0 Å². The maximum absolute atomic E-state index is 11.4. The molecule has 0 aromatic carbocycles. The lowest BCUT2D eigenvalue weighted by atomic mass is 9.82. The summed E-state index contributed by atoms with van der Waals surface area (Å²) in [5, 5.41) is 3.32. The molecule has 0 bridgehead atoms. The van der Waals surface area contributed by atoms with Crippen LogP contribution in [-0.2, 0) is 4.79 Å². The van der Waals surface area contributed by atoms with Crippen molar-refractivity contribution < 1.29 is 4.79 Å². The standard InChI is InChI=1S/C11H17N3OS/c1-7-6-16-11(13-7)9-4-2-8(3-5-9)10(15)14-12/h6,8-9H,2-5,12H2,1H3,(H,14,15)/t8-,9-. The third-order valence-electron chi connectivity index (χ3n) is 3.23. The van der Waals surface area contributed by atoms with E-state index in [4.69, 9.17) is 5.84 Å². The molecule has 4 nitrogen and oxygen atoms in total. The highest BCUT2D eigenvalue weighted by atomic mass is 32.1. The van der Waals surface area contributed by atoms with E-state index in [9.17, 15) is 4.79 Å². The molecule has 0 unspecified atom stereocenters. The summed E-state index contributed by atoms with van der Waals surface area (Å²) in [6.07, 6.45) is 3.94. The van der Waals surface area contributed by atoms with Crippen LogP contribution < -0.4 is 11.3 Å². The van der Waals surface area contributed by atoms with Gasteiger partial charge in [-0.25, -0.2) is 10.8 Å². The van der Waals surface area contributed by atoms with Crippen LogP contribution in [0.3, 0.4) is 0 Å². The van der Waals surface area contributed by atoms with Crippen LogP contribution >= 0.6 is 11.3 Å². The Labute approximate surface area is 99.2 Å². The molecule has 1 aliphatic carbocycles. The lowest BCUT2D eigenvalue weighted by molar-refractivity contribution is -0.126. The van der Waals surface area contributed by atoms with Gasteiger partial charge in [-0.2, -0.15) is 0 Å². The van der Waals surface area contributed by atoms with Crippen molar-refractivity contribution in [3.63, 3.8) is 0 Å². The minimum atomic E-state index is -0.0197. The van der Waals surface area contributed by atoms with Crippen LogP contribution in [0.1, 0.15) is 42.3 Å². The molecule has 1 aliphatic rings. The third-order valence-corrected chi connectivity index (χ3v) is 4.35. The molecule has 1 saturated carbocycles. The largest absolute Gasteiger partial charge is 0.294 e. The first-order chi connectivity index (χ1) is 7.70. The van der Waals surface area contributed by atoms with Crippen molar-refractivity contribution in [2.45, 2.75) is 38.5 Å². The van der Waals surface area contributed by atoms with Crippen LogP contribution in [0.25, 0.3) is 0 Å². The number of hydrazine groups is 1. The zero-order valence-corrected chi connectivity index (χ0v) is 10.2. The Bertz CT molecular complexity index is 369. The predicted molar refractivity (Wildman–Crippen MR) is 63.9 cm³/mol. The normalized spacial score (nSPS) is 25.4. The first-order valence-corrected chi connectivity index (χ1v) is 6.51. The van der Waals surface area contributed by atoms with E-state index >= 15 is 0 Å². The number of hydrogen-bond acceptors (Lipinski definition) is 4. The van der Waals surface area contributed by atoms with Gasteiger partial charge in [0.1, 0.15) is 0 Å². The summed E-state index contributed by atoms with van der Waals surface area (Å²) in [5.74, 6) is 5.76. The van der Waals surface area contributed by atoms with Crippen LogP contribution in [0.4, 0.5) is 0 Å². The van der Waals surface area contributed by atoms with Crippen molar-refractivity contribution >= 4 is 17.2 Å². The van der Waals surface area contributed by atoms with Gasteiger partial charge < -0.3 is 0 Å². The quantitative estimate of drug-likeness (QED) is 0.469. The van der Waals surface area contributed by atoms with Crippen LogP contribution in [0.2, 0.25) is 0 Å². The summed E-state index contributed by atoms with van der Waals surface area (Å²) in [4.78, 5) is 15.9. The Morgan fingerprint density at radius 1 is 1.50 bits per heavy atom. The number of rotatable bonds is 2. The van der Waals surface area contributed by atoms with Crippen molar-refractivity contribution in [3.05, 3.63) is 16.1 Å². The summed E-state index contributed by atoms with van der Waals surface area (Å²) in [6, 6.07) is 0. The van der Waals surface area contributed by atoms with E-state index in [1.54, 1.807) is 11.3 Å². The fraction of sp³-hybridized carbons (Fsp3) is 0.636. The van der Waals surface area contributed by atoms with Gasteiger partial charge in [-0.15, -0.1) is 11.3 Å². The first-order valence-electron chi connectivity index (χ1n) is 5.63. The summed E-state index contributed by atoms with van der Waals surface area (Å²) in [7, 11) is 0. The van der Waals surface area contributed by atoms with Gasteiger partial charge in [0.2, 0.25) is 5.91 Å². The number of carbonyl (C=O) groups excluding carboxylic acids is 1. The van der Waals surface area contributed by atoms with Gasteiger partial charge in [0, 0.05) is 22.9 Å². The summed E-state index contributed by atoms with van der Waals surface area (Å²) in [5.41, 5.74) is 3.34. The van der Waals surface area contributed by atoms with Gasteiger partial charge in [0.25, 0.3) is 0 Å². The molecule has 0 radical (unpaired) electrons. The Hall–Kier alpha value is -0.940. The van der Waals surface area contributed by atoms with Crippen LogP contribution in [-0.4, -0.2) is 10.9 Å². The highest BCUT2D eigenvalue weighted by molar-refractivity contribution is 7.09. The maximum atomic E-state index is 11.4. The molecule has 0 aliphatic heterocycles. The van der Waals surface area contributed by atoms with Crippen LogP contribution in [0.15, 0.2) is 5.38 Å². The van der Waals surface area contributed by atoms with Crippen LogP contribution in [0, 0.1) is 12.8 Å². The molecule has 0 saturated heterocycles. The minimum absolute atomic E-state index is 0.0197. The second-order valence-corrected chi connectivity index (χ2v) is 5.27. The minimum Gasteiger partial charge on any atom is -0.294 e. The molecule has 16 heavy (non-hydrogen) atoms. The van der Waals surface area contributed by atoms with Gasteiger partial charge in [-0.3, -0.25) is 10.2 Å². The Morgan fingerprint density at radius 3 is 2.69 bits per heavy atom. The van der Waals surface area contributed by atoms with E-state index < -0.39 is 0 Å². The number of nitrogens with two attached hydrogens (primary N) is 1. The van der Waals surface area contributed by atoms with Gasteiger partial charge in [-0.1, -0.05) is 0 Å². The van der Waals surface area contributed by atoms with Gasteiger partial charge >= 0.3 is 0 Å². The molecule has 1 aromatic heterocycles. The second kappa shape index (κ2) is 4.93. The van der Waals surface area contributed by atoms with Gasteiger partial charge in [-0.05, 0) is 32.6 Å². The van der Waals surface area contributed by atoms with E-state index in [2.05, 4.69) is 15.8 Å². The number of aryl methyl sites for hydroxylation is 1. The highest BCUT2D eigenvalue weighted by Crippen LogP contribution is 2.36. The van der Waals surface area contributed by atoms with Crippen molar-refractivity contribution in [2.24, 2.45) is 11.8 Å². The molecular formula is C11H17N3OS. The van der Waals surface area contributed by atoms with Crippen molar-refractivity contribution in [1.29, 1.82) is 0 Å². The molecule has 88 valence electrons. The van der Waals surface area contributed by atoms with E-state index in [-0.39, 0.29) is 11.8 Å². The average molecular weight is 239 g/mol. The van der Waals surface area contributed by atoms with Gasteiger partial charge in [0.15, 0.2) is 0 Å². The molecule has 0 spiro atoms. The number of carbonyl (C=O) groups is 1. The molecular weight excluding hydrogens is 222 g/mol. The fourth-order valence-electron chi connectivity index (χ4n) is 2.28. The van der Waals surface area contributed by atoms with E-state index in [0.29, 0.717) is 5.92 Å². The lowest BCUT2D eigenvalue weighted by Crippen LogP contribution is -2.37. The lowest BCUT2D eigenvalue weighted by Gasteiger charge is -2.25.